The Kier molecular flexibility index (Phi) is 7.54. The SMILES string of the molecule is COc1cc(SC(F)(F)F)c(OC)cc1CC(C)N.Cl. The second-order valence-corrected chi connectivity index (χ2v) is 5.15. The van der Waals surface area contributed by atoms with Crippen LogP contribution in [0, 0.1) is 0 Å². The van der Waals surface area contributed by atoms with Crippen LogP contribution < -0.4 is 15.2 Å². The number of hydrogen-bond acceptors (Lipinski definition) is 4. The number of rotatable bonds is 5. The van der Waals surface area contributed by atoms with Gasteiger partial charge in [0.1, 0.15) is 11.5 Å². The fourth-order valence-corrected chi connectivity index (χ4v) is 2.30. The first-order valence-corrected chi connectivity index (χ1v) is 6.34. The van der Waals surface area contributed by atoms with Crippen molar-refractivity contribution in [2.45, 2.75) is 29.8 Å². The molecule has 0 saturated carbocycles. The van der Waals surface area contributed by atoms with Gasteiger partial charge in [-0.05, 0) is 42.8 Å². The van der Waals surface area contributed by atoms with E-state index >= 15 is 0 Å². The van der Waals surface area contributed by atoms with Gasteiger partial charge in [-0.1, -0.05) is 0 Å². The average Bonchev–Trinajstić information content (AvgIpc) is 2.27. The number of ether oxygens (including phenoxy) is 2. The lowest BCUT2D eigenvalue weighted by Gasteiger charge is -2.16. The maximum atomic E-state index is 12.5. The summed E-state index contributed by atoms with van der Waals surface area (Å²) in [4.78, 5) is -0.0275. The molecule has 1 atom stereocenters. The highest BCUT2D eigenvalue weighted by Crippen LogP contribution is 2.44. The standard InChI is InChI=1S/C12H16F3NO2S.ClH/c1-7(16)4-8-5-10(18-3)11(6-9(8)17-2)19-12(13,14)15;/h5-7H,4,16H2,1-3H3;1H. The van der Waals surface area contributed by atoms with Crippen molar-refractivity contribution in [1.29, 1.82) is 0 Å². The summed E-state index contributed by atoms with van der Waals surface area (Å²) in [6.07, 6.45) is 0.497. The number of hydrogen-bond donors (Lipinski definition) is 1. The molecule has 20 heavy (non-hydrogen) atoms. The Hall–Kier alpha value is -0.790. The summed E-state index contributed by atoms with van der Waals surface area (Å²) in [5.41, 5.74) is 2.05. The van der Waals surface area contributed by atoms with Crippen LogP contribution in [0.1, 0.15) is 12.5 Å². The second-order valence-electron chi connectivity index (χ2n) is 4.04. The van der Waals surface area contributed by atoms with Crippen LogP contribution in [0.2, 0.25) is 0 Å². The van der Waals surface area contributed by atoms with Crippen LogP contribution in [-0.4, -0.2) is 25.8 Å². The molecule has 1 aromatic rings. The fourth-order valence-electron chi connectivity index (χ4n) is 1.64. The molecule has 0 spiro atoms. The quantitative estimate of drug-likeness (QED) is 0.837. The minimum Gasteiger partial charge on any atom is -0.496 e. The zero-order valence-corrected chi connectivity index (χ0v) is 12.9. The number of benzene rings is 1. The third-order valence-electron chi connectivity index (χ3n) is 2.33. The van der Waals surface area contributed by atoms with Gasteiger partial charge < -0.3 is 15.2 Å². The summed E-state index contributed by atoms with van der Waals surface area (Å²) in [6.45, 7) is 1.81. The summed E-state index contributed by atoms with van der Waals surface area (Å²) >= 11 is -0.227. The molecule has 0 heterocycles. The van der Waals surface area contributed by atoms with Crippen molar-refractivity contribution in [3.63, 3.8) is 0 Å². The van der Waals surface area contributed by atoms with E-state index in [1.807, 2.05) is 6.92 Å². The summed E-state index contributed by atoms with van der Waals surface area (Å²) in [5, 5.41) is 0. The molecule has 116 valence electrons. The van der Waals surface area contributed by atoms with Gasteiger partial charge in [-0.2, -0.15) is 13.2 Å². The summed E-state index contributed by atoms with van der Waals surface area (Å²) in [6, 6.07) is 2.74. The van der Waals surface area contributed by atoms with E-state index in [2.05, 4.69) is 0 Å². The fraction of sp³-hybridized carbons (Fsp3) is 0.500. The van der Waals surface area contributed by atoms with Gasteiger partial charge in [-0.25, -0.2) is 0 Å². The van der Waals surface area contributed by atoms with Crippen LogP contribution in [0.25, 0.3) is 0 Å². The van der Waals surface area contributed by atoms with E-state index in [4.69, 9.17) is 15.2 Å². The molecule has 0 aliphatic carbocycles. The minimum absolute atomic E-state index is 0. The Bertz CT molecular complexity index is 441. The Labute approximate surface area is 126 Å². The van der Waals surface area contributed by atoms with Crippen molar-refractivity contribution >= 4 is 24.2 Å². The van der Waals surface area contributed by atoms with Crippen LogP contribution >= 0.6 is 24.2 Å². The van der Waals surface area contributed by atoms with Gasteiger partial charge in [-0.15, -0.1) is 12.4 Å². The van der Waals surface area contributed by atoms with E-state index < -0.39 is 5.51 Å². The average molecular weight is 332 g/mol. The second kappa shape index (κ2) is 7.85. The van der Waals surface area contributed by atoms with E-state index in [9.17, 15) is 13.2 Å². The lowest BCUT2D eigenvalue weighted by atomic mass is 10.1. The predicted molar refractivity (Wildman–Crippen MR) is 76.1 cm³/mol. The van der Waals surface area contributed by atoms with E-state index in [1.165, 1.54) is 26.4 Å². The number of alkyl halides is 3. The number of nitrogens with two attached hydrogens (primary N) is 1. The van der Waals surface area contributed by atoms with Crippen molar-refractivity contribution < 1.29 is 22.6 Å². The van der Waals surface area contributed by atoms with Crippen molar-refractivity contribution in [1.82, 2.24) is 0 Å². The van der Waals surface area contributed by atoms with Gasteiger partial charge in [0.15, 0.2) is 0 Å². The van der Waals surface area contributed by atoms with Crippen molar-refractivity contribution in [2.75, 3.05) is 14.2 Å². The zero-order chi connectivity index (χ0) is 14.6. The number of thioether (sulfide) groups is 1. The maximum absolute atomic E-state index is 12.5. The predicted octanol–water partition coefficient (Wildman–Crippen LogP) is 3.63. The Morgan fingerprint density at radius 1 is 1.20 bits per heavy atom. The molecule has 0 radical (unpaired) electrons. The molecule has 1 aromatic carbocycles. The minimum atomic E-state index is -4.37. The van der Waals surface area contributed by atoms with Crippen LogP contribution in [0.4, 0.5) is 13.2 Å². The highest BCUT2D eigenvalue weighted by Gasteiger charge is 2.31. The van der Waals surface area contributed by atoms with Crippen molar-refractivity contribution in [3.05, 3.63) is 17.7 Å². The molecule has 0 bridgehead atoms. The van der Waals surface area contributed by atoms with Crippen LogP contribution in [-0.2, 0) is 6.42 Å². The van der Waals surface area contributed by atoms with E-state index in [-0.39, 0.29) is 40.9 Å². The van der Waals surface area contributed by atoms with Gasteiger partial charge in [0.05, 0.1) is 19.1 Å². The first-order chi connectivity index (χ1) is 8.76. The first-order valence-electron chi connectivity index (χ1n) is 5.53. The topological polar surface area (TPSA) is 44.5 Å². The molecule has 0 amide bonds. The maximum Gasteiger partial charge on any atom is 0.446 e. The molecule has 2 N–H and O–H groups in total. The van der Waals surface area contributed by atoms with Gasteiger partial charge >= 0.3 is 5.51 Å². The third kappa shape index (κ3) is 5.68. The van der Waals surface area contributed by atoms with Gasteiger partial charge in [0, 0.05) is 6.04 Å². The molecule has 1 unspecified atom stereocenters. The first kappa shape index (κ1) is 19.2. The van der Waals surface area contributed by atoms with Crippen molar-refractivity contribution in [2.24, 2.45) is 5.73 Å². The Morgan fingerprint density at radius 3 is 2.15 bits per heavy atom. The molecule has 0 aromatic heterocycles. The van der Waals surface area contributed by atoms with Crippen LogP contribution in [0.5, 0.6) is 11.5 Å². The molecule has 0 fully saturated rings. The van der Waals surface area contributed by atoms with E-state index in [0.29, 0.717) is 12.2 Å². The van der Waals surface area contributed by atoms with Gasteiger partial charge in [-0.3, -0.25) is 0 Å². The third-order valence-corrected chi connectivity index (χ3v) is 3.10. The lowest BCUT2D eigenvalue weighted by Crippen LogP contribution is -2.18. The zero-order valence-electron chi connectivity index (χ0n) is 11.3. The highest BCUT2D eigenvalue weighted by atomic mass is 35.5. The Balaban J connectivity index is 0.00000361. The molecule has 8 heteroatoms. The summed E-state index contributed by atoms with van der Waals surface area (Å²) in [5.74, 6) is 0.545. The molecular weight excluding hydrogens is 315 g/mol. The largest absolute Gasteiger partial charge is 0.496 e. The molecular formula is C12H17ClF3NO2S. The molecule has 0 saturated heterocycles. The monoisotopic (exact) mass is 331 g/mol. The number of halogens is 4. The molecule has 0 aliphatic heterocycles. The summed E-state index contributed by atoms with van der Waals surface area (Å²) in [7, 11) is 2.74. The molecule has 3 nitrogen and oxygen atoms in total. The van der Waals surface area contributed by atoms with E-state index in [1.54, 1.807) is 0 Å². The van der Waals surface area contributed by atoms with Crippen molar-refractivity contribution in [3.8, 4) is 11.5 Å². The van der Waals surface area contributed by atoms with Crippen LogP contribution in [0.15, 0.2) is 17.0 Å². The van der Waals surface area contributed by atoms with Gasteiger partial charge in [0.25, 0.3) is 0 Å². The summed E-state index contributed by atoms with van der Waals surface area (Å²) < 4.78 is 47.5. The van der Waals surface area contributed by atoms with E-state index in [0.717, 1.165) is 5.56 Å². The lowest BCUT2D eigenvalue weighted by molar-refractivity contribution is -0.0328. The normalized spacial score (nSPS) is 12.6. The number of methoxy groups -OCH3 is 2. The highest BCUT2D eigenvalue weighted by molar-refractivity contribution is 8.00. The Morgan fingerprint density at radius 2 is 1.75 bits per heavy atom. The van der Waals surface area contributed by atoms with Gasteiger partial charge in [0.2, 0.25) is 0 Å². The van der Waals surface area contributed by atoms with Crippen LogP contribution in [0.3, 0.4) is 0 Å². The molecule has 1 rings (SSSR count). The molecule has 0 aliphatic rings. The smallest absolute Gasteiger partial charge is 0.446 e.